The quantitative estimate of drug-likeness (QED) is 0.914. The Hall–Kier alpha value is -1.65. The summed E-state index contributed by atoms with van der Waals surface area (Å²) in [5.41, 5.74) is 0.893. The third kappa shape index (κ3) is 3.46. The fraction of sp³-hybridized carbons (Fsp3) is 0.200. The van der Waals surface area contributed by atoms with E-state index in [-0.39, 0.29) is 12.4 Å². The van der Waals surface area contributed by atoms with Gasteiger partial charge < -0.3 is 9.84 Å². The first-order chi connectivity index (χ1) is 9.47. The van der Waals surface area contributed by atoms with E-state index in [9.17, 15) is 13.9 Å². The van der Waals surface area contributed by atoms with E-state index in [1.165, 1.54) is 30.3 Å². The summed E-state index contributed by atoms with van der Waals surface area (Å²) in [4.78, 5) is 0. The molecule has 0 aromatic heterocycles. The lowest BCUT2D eigenvalue weighted by Crippen LogP contribution is -2.00. The molecule has 106 valence electrons. The van der Waals surface area contributed by atoms with Crippen LogP contribution in [0.25, 0.3) is 0 Å². The summed E-state index contributed by atoms with van der Waals surface area (Å²) in [6.07, 6.45) is -0.754. The number of rotatable bonds is 4. The van der Waals surface area contributed by atoms with Crippen molar-refractivity contribution in [2.45, 2.75) is 19.6 Å². The van der Waals surface area contributed by atoms with Crippen LogP contribution in [0.15, 0.2) is 36.4 Å². The minimum absolute atomic E-state index is 0.0229. The summed E-state index contributed by atoms with van der Waals surface area (Å²) in [6, 6.07) is 8.09. The van der Waals surface area contributed by atoms with Gasteiger partial charge in [-0.1, -0.05) is 17.7 Å². The molecule has 0 unspecified atom stereocenters. The predicted molar refractivity (Wildman–Crippen MR) is 72.8 cm³/mol. The molecule has 20 heavy (non-hydrogen) atoms. The van der Waals surface area contributed by atoms with Gasteiger partial charge in [0.05, 0.1) is 6.10 Å². The molecule has 0 fully saturated rings. The monoisotopic (exact) mass is 298 g/mol. The molecule has 0 bridgehead atoms. The molecule has 0 spiro atoms. The van der Waals surface area contributed by atoms with Gasteiger partial charge in [0.25, 0.3) is 0 Å². The molecule has 1 atom stereocenters. The Morgan fingerprint density at radius 1 is 1.20 bits per heavy atom. The lowest BCUT2D eigenvalue weighted by molar-refractivity contribution is 0.198. The second-order valence-corrected chi connectivity index (χ2v) is 4.80. The van der Waals surface area contributed by atoms with Gasteiger partial charge in [0.15, 0.2) is 11.6 Å². The summed E-state index contributed by atoms with van der Waals surface area (Å²) in [5.74, 6) is -0.997. The number of halogens is 3. The summed E-state index contributed by atoms with van der Waals surface area (Å²) >= 11 is 5.90. The fourth-order valence-electron chi connectivity index (χ4n) is 1.70. The van der Waals surface area contributed by atoms with Gasteiger partial charge in [-0.2, -0.15) is 0 Å². The van der Waals surface area contributed by atoms with Crippen molar-refractivity contribution in [2.75, 3.05) is 0 Å². The Morgan fingerprint density at radius 3 is 2.60 bits per heavy atom. The van der Waals surface area contributed by atoms with Gasteiger partial charge in [0.2, 0.25) is 0 Å². The zero-order valence-electron chi connectivity index (χ0n) is 10.7. The Kier molecular flexibility index (Phi) is 4.57. The molecule has 0 radical (unpaired) electrons. The average molecular weight is 299 g/mol. The van der Waals surface area contributed by atoms with Crippen LogP contribution in [0.4, 0.5) is 8.78 Å². The van der Waals surface area contributed by atoms with Crippen LogP contribution >= 0.6 is 11.6 Å². The second-order valence-electron chi connectivity index (χ2n) is 4.39. The van der Waals surface area contributed by atoms with Crippen molar-refractivity contribution >= 4 is 11.6 Å². The third-order valence-electron chi connectivity index (χ3n) is 2.83. The molecule has 0 heterocycles. The molecule has 0 saturated carbocycles. The van der Waals surface area contributed by atoms with E-state index in [0.29, 0.717) is 16.1 Å². The average Bonchev–Trinajstić information content (AvgIpc) is 2.40. The molecule has 2 aromatic carbocycles. The minimum atomic E-state index is -0.754. The van der Waals surface area contributed by atoms with Crippen molar-refractivity contribution in [3.63, 3.8) is 0 Å². The SMILES string of the molecule is C[C@H](O)c1ccc(OCc2cc(F)ccc2Cl)c(F)c1. The van der Waals surface area contributed by atoms with Crippen molar-refractivity contribution < 1.29 is 18.6 Å². The first kappa shape index (κ1) is 14.8. The molecule has 0 aliphatic rings. The number of aliphatic hydroxyl groups is 1. The first-order valence-corrected chi connectivity index (χ1v) is 6.39. The Morgan fingerprint density at radius 2 is 1.95 bits per heavy atom. The highest BCUT2D eigenvalue weighted by atomic mass is 35.5. The van der Waals surface area contributed by atoms with E-state index in [2.05, 4.69) is 0 Å². The lowest BCUT2D eigenvalue weighted by Gasteiger charge is -2.11. The molecule has 0 saturated heterocycles. The van der Waals surface area contributed by atoms with E-state index in [1.54, 1.807) is 13.0 Å². The summed E-state index contributed by atoms with van der Waals surface area (Å²) < 4.78 is 32.1. The number of hydrogen-bond donors (Lipinski definition) is 1. The van der Waals surface area contributed by atoms with Crippen molar-refractivity contribution in [3.05, 3.63) is 64.2 Å². The molecular weight excluding hydrogens is 286 g/mol. The maximum atomic E-state index is 13.7. The van der Waals surface area contributed by atoms with Crippen molar-refractivity contribution in [2.24, 2.45) is 0 Å². The van der Waals surface area contributed by atoms with Crippen LogP contribution in [0.3, 0.4) is 0 Å². The largest absolute Gasteiger partial charge is 0.486 e. The van der Waals surface area contributed by atoms with Gasteiger partial charge in [-0.25, -0.2) is 8.78 Å². The van der Waals surface area contributed by atoms with Crippen LogP contribution in [0.1, 0.15) is 24.2 Å². The van der Waals surface area contributed by atoms with Crippen molar-refractivity contribution in [3.8, 4) is 5.75 Å². The summed E-state index contributed by atoms with van der Waals surface area (Å²) in [7, 11) is 0. The van der Waals surface area contributed by atoms with Crippen molar-refractivity contribution in [1.29, 1.82) is 0 Å². The second kappa shape index (κ2) is 6.20. The van der Waals surface area contributed by atoms with Crippen LogP contribution in [-0.2, 0) is 6.61 Å². The van der Waals surface area contributed by atoms with E-state index < -0.39 is 17.7 Å². The highest BCUT2D eigenvalue weighted by molar-refractivity contribution is 6.31. The smallest absolute Gasteiger partial charge is 0.165 e. The number of aliphatic hydroxyl groups excluding tert-OH is 1. The molecule has 1 N–H and O–H groups in total. The molecule has 2 nitrogen and oxygen atoms in total. The van der Waals surface area contributed by atoms with Crippen LogP contribution in [-0.4, -0.2) is 5.11 Å². The molecule has 2 aromatic rings. The van der Waals surface area contributed by atoms with Gasteiger partial charge in [-0.3, -0.25) is 0 Å². The van der Waals surface area contributed by atoms with E-state index >= 15 is 0 Å². The Bertz CT molecular complexity index is 615. The van der Waals surface area contributed by atoms with Crippen LogP contribution in [0.2, 0.25) is 5.02 Å². The van der Waals surface area contributed by atoms with Gasteiger partial charge in [0.1, 0.15) is 12.4 Å². The van der Waals surface area contributed by atoms with Gasteiger partial charge in [0, 0.05) is 10.6 Å². The molecular formula is C15H13ClF2O2. The standard InChI is InChI=1S/C15H13ClF2O2/c1-9(19)10-2-5-15(14(18)7-10)20-8-11-6-12(17)3-4-13(11)16/h2-7,9,19H,8H2,1H3/t9-/m0/s1. The predicted octanol–water partition coefficient (Wildman–Crippen LogP) is 4.25. The van der Waals surface area contributed by atoms with E-state index in [4.69, 9.17) is 16.3 Å². The highest BCUT2D eigenvalue weighted by Gasteiger charge is 2.09. The van der Waals surface area contributed by atoms with Gasteiger partial charge in [-0.15, -0.1) is 0 Å². The highest BCUT2D eigenvalue weighted by Crippen LogP contribution is 2.24. The number of ether oxygens (including phenoxy) is 1. The summed E-state index contributed by atoms with van der Waals surface area (Å²) in [6.45, 7) is 1.50. The van der Waals surface area contributed by atoms with Gasteiger partial charge in [-0.05, 0) is 42.8 Å². The number of benzene rings is 2. The van der Waals surface area contributed by atoms with E-state index in [1.807, 2.05) is 0 Å². The minimum Gasteiger partial charge on any atom is -0.486 e. The Labute approximate surface area is 120 Å². The number of hydrogen-bond acceptors (Lipinski definition) is 2. The van der Waals surface area contributed by atoms with Crippen LogP contribution < -0.4 is 4.74 Å². The van der Waals surface area contributed by atoms with Crippen LogP contribution in [0.5, 0.6) is 5.75 Å². The van der Waals surface area contributed by atoms with Crippen LogP contribution in [0, 0.1) is 11.6 Å². The first-order valence-electron chi connectivity index (χ1n) is 6.01. The molecule has 0 aliphatic carbocycles. The van der Waals surface area contributed by atoms with E-state index in [0.717, 1.165) is 0 Å². The normalized spacial score (nSPS) is 12.2. The van der Waals surface area contributed by atoms with Crippen molar-refractivity contribution in [1.82, 2.24) is 0 Å². The molecule has 0 amide bonds. The Balaban J connectivity index is 2.13. The molecule has 5 heteroatoms. The zero-order chi connectivity index (χ0) is 14.7. The third-order valence-corrected chi connectivity index (χ3v) is 3.20. The maximum absolute atomic E-state index is 13.7. The zero-order valence-corrected chi connectivity index (χ0v) is 11.5. The van der Waals surface area contributed by atoms with Gasteiger partial charge >= 0.3 is 0 Å². The molecule has 0 aliphatic heterocycles. The summed E-state index contributed by atoms with van der Waals surface area (Å²) in [5, 5.41) is 9.70. The topological polar surface area (TPSA) is 29.5 Å². The maximum Gasteiger partial charge on any atom is 0.165 e. The fourth-order valence-corrected chi connectivity index (χ4v) is 1.88. The lowest BCUT2D eigenvalue weighted by atomic mass is 10.1. The molecule has 2 rings (SSSR count).